The molecule has 0 N–H and O–H groups in total. The number of hydrogen-bond donors (Lipinski definition) is 0. The first-order chi connectivity index (χ1) is 16.7. The van der Waals surface area contributed by atoms with E-state index in [-0.39, 0.29) is 28.9 Å². The van der Waals surface area contributed by atoms with Gasteiger partial charge in [-0.1, -0.05) is 30.3 Å². The zero-order chi connectivity index (χ0) is 25.5. The summed E-state index contributed by atoms with van der Waals surface area (Å²) in [7, 11) is 1.49. The smallest absolute Gasteiger partial charge is 0.339 e. The number of amides is 1. The van der Waals surface area contributed by atoms with Crippen LogP contribution in [0.2, 0.25) is 0 Å². The van der Waals surface area contributed by atoms with Crippen LogP contribution in [0.4, 0.5) is 10.1 Å². The van der Waals surface area contributed by atoms with Crippen LogP contribution in [0.5, 0.6) is 0 Å². The summed E-state index contributed by atoms with van der Waals surface area (Å²) < 4.78 is 18.5. The van der Waals surface area contributed by atoms with E-state index < -0.39 is 35.0 Å². The molecule has 0 unspecified atom stereocenters. The molecule has 0 spiro atoms. The number of nitro benzene ring substituents is 1. The Kier molecular flexibility index (Phi) is 8.32. The lowest BCUT2D eigenvalue weighted by Crippen LogP contribution is -2.31. The molecule has 0 atom stereocenters. The number of halogens is 1. The first-order valence-electron chi connectivity index (χ1n) is 10.3. The Hall–Kier alpha value is -4.05. The minimum Gasteiger partial charge on any atom is -0.452 e. The summed E-state index contributed by atoms with van der Waals surface area (Å²) >= 11 is 1.18. The van der Waals surface area contributed by atoms with Gasteiger partial charge in [0.1, 0.15) is 5.82 Å². The first-order valence-corrected chi connectivity index (χ1v) is 11.6. The number of benzene rings is 3. The second kappa shape index (κ2) is 11.4. The van der Waals surface area contributed by atoms with Gasteiger partial charge in [-0.05, 0) is 42.2 Å². The largest absolute Gasteiger partial charge is 0.452 e. The Bertz CT molecular complexity index is 1300. The zero-order valence-corrected chi connectivity index (χ0v) is 19.7. The number of carbonyl (C=O) groups is 3. The van der Waals surface area contributed by atoms with Gasteiger partial charge in [0.15, 0.2) is 12.4 Å². The van der Waals surface area contributed by atoms with Gasteiger partial charge in [-0.25, -0.2) is 9.18 Å². The molecule has 0 saturated carbocycles. The minimum atomic E-state index is -0.892. The average molecular weight is 497 g/mol. The van der Waals surface area contributed by atoms with E-state index in [1.807, 2.05) is 0 Å². The molecule has 0 bridgehead atoms. The summed E-state index contributed by atoms with van der Waals surface area (Å²) in [6, 6.07) is 15.7. The van der Waals surface area contributed by atoms with Crippen LogP contribution in [0.15, 0.2) is 71.6 Å². The van der Waals surface area contributed by atoms with Crippen LogP contribution in [-0.2, 0) is 16.1 Å². The highest BCUT2D eigenvalue weighted by atomic mass is 32.2. The van der Waals surface area contributed by atoms with Crippen LogP contribution >= 0.6 is 11.8 Å². The number of nitrogens with zero attached hydrogens (tertiary/aromatic N) is 2. The van der Waals surface area contributed by atoms with Gasteiger partial charge < -0.3 is 9.64 Å². The van der Waals surface area contributed by atoms with Crippen molar-refractivity contribution in [2.75, 3.05) is 19.9 Å². The molecule has 10 heteroatoms. The van der Waals surface area contributed by atoms with Crippen molar-refractivity contribution in [1.82, 2.24) is 4.90 Å². The number of nitro groups is 1. The molecule has 8 nitrogen and oxygen atoms in total. The number of likely N-dealkylation sites (N-methyl/N-ethyl adjacent to an activating group) is 1. The molecule has 3 aromatic rings. The molecule has 35 heavy (non-hydrogen) atoms. The molecule has 0 saturated heterocycles. The molecule has 0 heterocycles. The second-order valence-electron chi connectivity index (χ2n) is 7.47. The van der Waals surface area contributed by atoms with E-state index in [9.17, 15) is 28.9 Å². The number of esters is 1. The molecule has 3 aromatic carbocycles. The third-order valence-electron chi connectivity index (χ3n) is 5.09. The zero-order valence-electron chi connectivity index (χ0n) is 18.9. The molecule has 0 radical (unpaired) electrons. The standard InChI is InChI=1S/C25H21FN2O6S/c1-27(14-16-6-5-7-18(26)12-16)23(29)15-34-25(31)20-9-4-3-8-19(20)24(30)17-10-11-22(35-2)21(13-17)28(32)33/h3-13H,14-15H2,1-2H3. The van der Waals surface area contributed by atoms with Crippen molar-refractivity contribution in [2.24, 2.45) is 0 Å². The number of carbonyl (C=O) groups excluding carboxylic acids is 3. The van der Waals surface area contributed by atoms with Crippen LogP contribution in [0, 0.1) is 15.9 Å². The third kappa shape index (κ3) is 6.30. The molecular formula is C25H21FN2O6S. The minimum absolute atomic E-state index is 0.00994. The maximum Gasteiger partial charge on any atom is 0.339 e. The predicted molar refractivity (Wildman–Crippen MR) is 128 cm³/mol. The third-order valence-corrected chi connectivity index (χ3v) is 5.88. The normalized spacial score (nSPS) is 10.5. The molecule has 180 valence electrons. The SMILES string of the molecule is CSc1ccc(C(=O)c2ccccc2C(=O)OCC(=O)N(C)Cc2cccc(F)c2)cc1[N+](=O)[O-]. The lowest BCUT2D eigenvalue weighted by molar-refractivity contribution is -0.387. The monoisotopic (exact) mass is 496 g/mol. The average Bonchev–Trinajstić information content (AvgIpc) is 2.86. The summed E-state index contributed by atoms with van der Waals surface area (Å²) in [5.74, 6) is -2.43. The van der Waals surface area contributed by atoms with Gasteiger partial charge >= 0.3 is 5.97 Å². The molecule has 3 rings (SSSR count). The highest BCUT2D eigenvalue weighted by molar-refractivity contribution is 7.98. The number of ketones is 1. The van der Waals surface area contributed by atoms with Gasteiger partial charge in [-0.2, -0.15) is 0 Å². The van der Waals surface area contributed by atoms with Gasteiger partial charge in [0.25, 0.3) is 11.6 Å². The van der Waals surface area contributed by atoms with Gasteiger partial charge in [0, 0.05) is 30.8 Å². The van der Waals surface area contributed by atoms with Gasteiger partial charge in [-0.3, -0.25) is 19.7 Å². The highest BCUT2D eigenvalue weighted by Crippen LogP contribution is 2.29. The fourth-order valence-corrected chi connectivity index (χ4v) is 3.85. The summed E-state index contributed by atoms with van der Waals surface area (Å²) in [6.07, 6.45) is 1.69. The van der Waals surface area contributed by atoms with Crippen molar-refractivity contribution in [3.8, 4) is 0 Å². The van der Waals surface area contributed by atoms with Crippen LogP contribution in [-0.4, -0.2) is 47.4 Å². The van der Waals surface area contributed by atoms with Crippen molar-refractivity contribution in [3.05, 3.63) is 105 Å². The fourth-order valence-electron chi connectivity index (χ4n) is 3.30. The molecule has 0 aliphatic carbocycles. The van der Waals surface area contributed by atoms with E-state index in [1.54, 1.807) is 18.4 Å². The summed E-state index contributed by atoms with van der Waals surface area (Å²) in [5, 5.41) is 11.4. The van der Waals surface area contributed by atoms with E-state index in [4.69, 9.17) is 4.74 Å². The molecular weight excluding hydrogens is 475 g/mol. The van der Waals surface area contributed by atoms with Gasteiger partial charge in [-0.15, -0.1) is 11.8 Å². The molecule has 0 aliphatic heterocycles. The topological polar surface area (TPSA) is 107 Å². The van der Waals surface area contributed by atoms with Crippen molar-refractivity contribution in [2.45, 2.75) is 11.4 Å². The summed E-state index contributed by atoms with van der Waals surface area (Å²) in [5.41, 5.74) is 0.319. The van der Waals surface area contributed by atoms with E-state index >= 15 is 0 Å². The van der Waals surface area contributed by atoms with Crippen LogP contribution in [0.3, 0.4) is 0 Å². The Morgan fingerprint density at radius 3 is 2.40 bits per heavy atom. The maximum atomic E-state index is 13.4. The predicted octanol–water partition coefficient (Wildman–Crippen LogP) is 4.50. The molecule has 0 aromatic heterocycles. The van der Waals surface area contributed by atoms with Crippen molar-refractivity contribution >= 4 is 35.1 Å². The van der Waals surface area contributed by atoms with E-state index in [2.05, 4.69) is 0 Å². The lowest BCUT2D eigenvalue weighted by Gasteiger charge is -2.17. The van der Waals surface area contributed by atoms with Gasteiger partial charge in [0.2, 0.25) is 0 Å². The Balaban J connectivity index is 1.73. The van der Waals surface area contributed by atoms with E-state index in [0.717, 1.165) is 0 Å². The molecule has 0 fully saturated rings. The van der Waals surface area contributed by atoms with Crippen LogP contribution in [0.1, 0.15) is 31.8 Å². The lowest BCUT2D eigenvalue weighted by atomic mass is 9.98. The maximum absolute atomic E-state index is 13.4. The summed E-state index contributed by atoms with van der Waals surface area (Å²) in [6.45, 7) is -0.463. The highest BCUT2D eigenvalue weighted by Gasteiger charge is 2.23. The quantitative estimate of drug-likeness (QED) is 0.141. The van der Waals surface area contributed by atoms with Crippen molar-refractivity contribution in [3.63, 3.8) is 0 Å². The molecule has 0 aliphatic rings. The summed E-state index contributed by atoms with van der Waals surface area (Å²) in [4.78, 5) is 50.6. The van der Waals surface area contributed by atoms with Crippen molar-refractivity contribution in [1.29, 1.82) is 0 Å². The Labute approximate surface area is 204 Å². The number of hydrogen-bond acceptors (Lipinski definition) is 7. The fraction of sp³-hybridized carbons (Fsp3) is 0.160. The number of thioether (sulfide) groups is 1. The van der Waals surface area contributed by atoms with E-state index in [1.165, 1.54) is 78.3 Å². The van der Waals surface area contributed by atoms with Crippen LogP contribution < -0.4 is 0 Å². The second-order valence-corrected chi connectivity index (χ2v) is 8.32. The van der Waals surface area contributed by atoms with Gasteiger partial charge in [0.05, 0.1) is 15.4 Å². The van der Waals surface area contributed by atoms with Crippen molar-refractivity contribution < 1.29 is 28.4 Å². The number of ether oxygens (including phenoxy) is 1. The Morgan fingerprint density at radius 2 is 1.74 bits per heavy atom. The molecule has 1 amide bonds. The first kappa shape index (κ1) is 25.6. The van der Waals surface area contributed by atoms with E-state index in [0.29, 0.717) is 10.5 Å². The Morgan fingerprint density at radius 1 is 1.03 bits per heavy atom. The number of rotatable bonds is 9. The van der Waals surface area contributed by atoms with Crippen LogP contribution in [0.25, 0.3) is 0 Å².